The molecule has 1 spiro atoms. The van der Waals surface area contributed by atoms with Crippen molar-refractivity contribution in [1.82, 2.24) is 9.80 Å². The number of hydrogen-bond acceptors (Lipinski definition) is 7. The quantitative estimate of drug-likeness (QED) is 0.348. The molecule has 5 bridgehead atoms. The van der Waals surface area contributed by atoms with Crippen molar-refractivity contribution in [3.05, 3.63) is 87.9 Å². The van der Waals surface area contributed by atoms with E-state index in [2.05, 4.69) is 15.9 Å². The van der Waals surface area contributed by atoms with E-state index in [4.69, 9.17) is 9.47 Å². The summed E-state index contributed by atoms with van der Waals surface area (Å²) in [4.78, 5) is 62.5. The molecule has 6 rings (SSSR count). The van der Waals surface area contributed by atoms with Crippen molar-refractivity contribution in [2.75, 3.05) is 25.1 Å². The minimum Gasteiger partial charge on any atom is -0.455 e. The Morgan fingerprint density at radius 1 is 1.02 bits per heavy atom. The summed E-state index contributed by atoms with van der Waals surface area (Å²) in [5.41, 5.74) is 1.72. The molecular weight excluding hydrogens is 690 g/mol. The standard InChI is InChI=1S/C38H44BrN3O7/c1-6-26(21-43)42-34-36(46)41(28-19-22(2)16-17-23(28)3)18-12-8-11-15-29(44)40(5)24(4)32(25-13-9-7-10-14-25)48-37(47)30-31(35(42)45)38(34)20-27(39)33(30)49-38/h7-10,12-14,16-17,19-20,24,26,30-34,43H,6,11,15,18,21H2,1-5H3/b12-8-/t24-,26-,30+,31-,32+,33+,34+,38-/m0/s1. The van der Waals surface area contributed by atoms with Crippen LogP contribution in [0.2, 0.25) is 0 Å². The van der Waals surface area contributed by atoms with Gasteiger partial charge in [0.05, 0.1) is 24.6 Å². The second kappa shape index (κ2) is 13.8. The molecule has 0 unspecified atom stereocenters. The lowest BCUT2D eigenvalue weighted by atomic mass is 9.74. The van der Waals surface area contributed by atoms with Crippen LogP contribution >= 0.6 is 15.9 Å². The van der Waals surface area contributed by atoms with Gasteiger partial charge in [0.1, 0.15) is 29.8 Å². The highest BCUT2D eigenvalue weighted by atomic mass is 79.9. The zero-order valence-electron chi connectivity index (χ0n) is 28.5. The number of aliphatic hydroxyl groups excluding tert-OH is 1. The number of halogens is 1. The monoisotopic (exact) mass is 733 g/mol. The van der Waals surface area contributed by atoms with E-state index in [1.807, 2.05) is 88.4 Å². The number of carbonyl (C=O) groups excluding carboxylic acids is 4. The first-order valence-electron chi connectivity index (χ1n) is 17.0. The van der Waals surface area contributed by atoms with Crippen LogP contribution in [0.15, 0.2) is 71.2 Å². The van der Waals surface area contributed by atoms with Crippen LogP contribution < -0.4 is 4.90 Å². The number of hydrogen-bond donors (Lipinski definition) is 1. The van der Waals surface area contributed by atoms with E-state index in [-0.39, 0.29) is 31.4 Å². The number of benzene rings is 2. The lowest BCUT2D eigenvalue weighted by Gasteiger charge is -2.38. The van der Waals surface area contributed by atoms with Crippen LogP contribution in [0.1, 0.15) is 55.9 Å². The number of amides is 3. The molecule has 0 radical (unpaired) electrons. The van der Waals surface area contributed by atoms with Gasteiger partial charge in [0.25, 0.3) is 5.91 Å². The Bertz CT molecular complexity index is 1690. The summed E-state index contributed by atoms with van der Waals surface area (Å²) in [5.74, 6) is -3.74. The second-order valence-corrected chi connectivity index (χ2v) is 14.5. The molecule has 4 aliphatic rings. The number of aryl methyl sites for hydroxylation is 2. The molecule has 2 saturated heterocycles. The van der Waals surface area contributed by atoms with Crippen LogP contribution in [-0.2, 0) is 28.7 Å². The highest BCUT2D eigenvalue weighted by Crippen LogP contribution is 2.59. The van der Waals surface area contributed by atoms with Gasteiger partial charge >= 0.3 is 5.97 Å². The fourth-order valence-electron chi connectivity index (χ4n) is 7.88. The maximum absolute atomic E-state index is 15.2. The van der Waals surface area contributed by atoms with Gasteiger partial charge in [0.15, 0.2) is 0 Å². The van der Waals surface area contributed by atoms with Crippen molar-refractivity contribution >= 4 is 45.3 Å². The fourth-order valence-corrected chi connectivity index (χ4v) is 8.62. The van der Waals surface area contributed by atoms with Crippen molar-refractivity contribution in [3.63, 3.8) is 0 Å². The van der Waals surface area contributed by atoms with Gasteiger partial charge in [0.2, 0.25) is 11.8 Å². The van der Waals surface area contributed by atoms with Crippen LogP contribution in [0.3, 0.4) is 0 Å². The minimum absolute atomic E-state index is 0.117. The number of esters is 1. The highest BCUT2D eigenvalue weighted by molar-refractivity contribution is 9.11. The number of anilines is 1. The Labute approximate surface area is 295 Å². The number of likely N-dealkylation sites (tertiary alicyclic amines) is 1. The third-order valence-electron chi connectivity index (χ3n) is 10.7. The van der Waals surface area contributed by atoms with E-state index in [1.54, 1.807) is 22.9 Å². The number of ether oxygens (including phenoxy) is 2. The van der Waals surface area contributed by atoms with Gasteiger partial charge in [-0.25, -0.2) is 0 Å². The smallest absolute Gasteiger partial charge is 0.313 e. The summed E-state index contributed by atoms with van der Waals surface area (Å²) < 4.78 is 13.6. The predicted octanol–water partition coefficient (Wildman–Crippen LogP) is 4.76. The maximum Gasteiger partial charge on any atom is 0.313 e. The number of nitrogens with zero attached hydrogens (tertiary/aromatic N) is 3. The number of cyclic esters (lactones) is 1. The van der Waals surface area contributed by atoms with Crippen molar-refractivity contribution in [2.45, 2.75) is 82.9 Å². The van der Waals surface area contributed by atoms with Gasteiger partial charge in [-0.05, 0) is 62.4 Å². The molecule has 260 valence electrons. The van der Waals surface area contributed by atoms with Crippen LogP contribution in [0.25, 0.3) is 0 Å². The Morgan fingerprint density at radius 3 is 2.45 bits per heavy atom. The van der Waals surface area contributed by atoms with Gasteiger partial charge in [-0.3, -0.25) is 19.2 Å². The lowest BCUT2D eigenvalue weighted by molar-refractivity contribution is -0.164. The number of carbonyl (C=O) groups is 4. The molecule has 2 aromatic carbocycles. The molecule has 8 atom stereocenters. The van der Waals surface area contributed by atoms with Crippen LogP contribution in [-0.4, -0.2) is 88.6 Å². The summed E-state index contributed by atoms with van der Waals surface area (Å²) in [6.07, 6.45) is 4.89. The fraction of sp³-hybridized carbons (Fsp3) is 0.474. The summed E-state index contributed by atoms with van der Waals surface area (Å²) >= 11 is 3.62. The predicted molar refractivity (Wildman–Crippen MR) is 188 cm³/mol. The molecule has 3 amide bonds. The minimum atomic E-state index is -1.49. The number of aliphatic hydroxyl groups is 1. The molecule has 4 aliphatic heterocycles. The zero-order valence-corrected chi connectivity index (χ0v) is 30.1. The van der Waals surface area contributed by atoms with Gasteiger partial charge in [-0.2, -0.15) is 0 Å². The molecule has 11 heteroatoms. The summed E-state index contributed by atoms with van der Waals surface area (Å²) in [6.45, 7) is 7.38. The molecule has 49 heavy (non-hydrogen) atoms. The van der Waals surface area contributed by atoms with Gasteiger partial charge in [-0.15, -0.1) is 0 Å². The Kier molecular flexibility index (Phi) is 9.90. The van der Waals surface area contributed by atoms with Gasteiger partial charge < -0.3 is 29.3 Å². The first-order chi connectivity index (χ1) is 23.4. The summed E-state index contributed by atoms with van der Waals surface area (Å²) in [7, 11) is 1.70. The Hall–Kier alpha value is -3.80. The van der Waals surface area contributed by atoms with Crippen LogP contribution in [0.4, 0.5) is 5.69 Å². The second-order valence-electron chi connectivity index (χ2n) is 13.6. The van der Waals surface area contributed by atoms with Crippen molar-refractivity contribution in [3.8, 4) is 0 Å². The molecule has 2 aromatic rings. The molecule has 0 saturated carbocycles. The molecule has 0 aromatic heterocycles. The summed E-state index contributed by atoms with van der Waals surface area (Å²) in [5, 5.41) is 10.5. The van der Waals surface area contributed by atoms with Crippen molar-refractivity contribution < 1.29 is 33.8 Å². The molecular formula is C38H44BrN3O7. The topological polar surface area (TPSA) is 117 Å². The average Bonchev–Trinajstić information content (AvgIpc) is 3.69. The SMILES string of the molecule is CC[C@@H](CO)N1C(=O)[C@@H]2[C@H]3C(=O)O[C@@H](c4ccccc4)[C@H](C)N(C)C(=O)CC/C=C\CN(c4cc(C)ccc4C)C(=O)[C@@H]1[C@]21C=C(Br)[C@H]3O1. The van der Waals surface area contributed by atoms with E-state index >= 15 is 4.79 Å². The largest absolute Gasteiger partial charge is 0.455 e. The third kappa shape index (κ3) is 5.93. The van der Waals surface area contributed by atoms with E-state index in [0.717, 1.165) is 11.1 Å². The number of allylic oxidation sites excluding steroid dienone is 1. The number of rotatable bonds is 5. The maximum atomic E-state index is 15.2. The highest BCUT2D eigenvalue weighted by Gasteiger charge is 2.75. The molecule has 0 aliphatic carbocycles. The van der Waals surface area contributed by atoms with Crippen molar-refractivity contribution in [2.24, 2.45) is 11.8 Å². The van der Waals surface area contributed by atoms with E-state index in [0.29, 0.717) is 28.6 Å². The first kappa shape index (κ1) is 35.0. The van der Waals surface area contributed by atoms with Crippen LogP contribution in [0, 0.1) is 25.7 Å². The van der Waals surface area contributed by atoms with Crippen LogP contribution in [0.5, 0.6) is 0 Å². The van der Waals surface area contributed by atoms with E-state index in [1.165, 1.54) is 4.90 Å². The lowest BCUT2D eigenvalue weighted by Crippen LogP contribution is -2.58. The van der Waals surface area contributed by atoms with E-state index in [9.17, 15) is 19.5 Å². The number of fused-ring (bicyclic) bond motifs is 2. The summed E-state index contributed by atoms with van der Waals surface area (Å²) in [6, 6.07) is 12.7. The third-order valence-corrected chi connectivity index (χ3v) is 11.3. The van der Waals surface area contributed by atoms with Gasteiger partial charge in [0, 0.05) is 30.2 Å². The number of likely N-dealkylation sites (N-methyl/N-ethyl adjacent to an activating group) is 1. The average molecular weight is 735 g/mol. The molecule has 4 heterocycles. The Balaban J connectivity index is 1.52. The Morgan fingerprint density at radius 2 is 1.76 bits per heavy atom. The van der Waals surface area contributed by atoms with E-state index < -0.39 is 59.6 Å². The van der Waals surface area contributed by atoms with Gasteiger partial charge in [-0.1, -0.05) is 77.5 Å². The van der Waals surface area contributed by atoms with Crippen molar-refractivity contribution in [1.29, 1.82) is 0 Å². The molecule has 2 fully saturated rings. The first-order valence-corrected chi connectivity index (χ1v) is 17.8. The normalized spacial score (nSPS) is 31.9. The zero-order chi connectivity index (χ0) is 35.2. The molecule has 10 nitrogen and oxygen atoms in total. The molecule has 1 N–H and O–H groups in total.